The molecular formula is C20H40. The third-order valence-electron chi connectivity index (χ3n) is 2.15. The molecule has 0 nitrogen and oxygen atoms in total. The van der Waals surface area contributed by atoms with Crippen LogP contribution in [0.1, 0.15) is 81.1 Å². The van der Waals surface area contributed by atoms with Crippen LogP contribution in [0, 0.1) is 0 Å². The molecule has 0 fully saturated rings. The van der Waals surface area contributed by atoms with Crippen molar-refractivity contribution in [3.8, 4) is 0 Å². The summed E-state index contributed by atoms with van der Waals surface area (Å²) in [6.45, 7) is 23.9. The average Bonchev–Trinajstić information content (AvgIpc) is 2.42. The van der Waals surface area contributed by atoms with Gasteiger partial charge >= 0.3 is 0 Å². The molecule has 0 aliphatic rings. The summed E-state index contributed by atoms with van der Waals surface area (Å²) in [5.74, 6) is 0. The molecule has 0 radical (unpaired) electrons. The van der Waals surface area contributed by atoms with Gasteiger partial charge in [0.2, 0.25) is 0 Å². The molecule has 120 valence electrons. The lowest BCUT2D eigenvalue weighted by molar-refractivity contribution is 0.961. The molecule has 0 aromatic carbocycles. The molecule has 20 heavy (non-hydrogen) atoms. The highest BCUT2D eigenvalue weighted by molar-refractivity contribution is 4.88. The summed E-state index contributed by atoms with van der Waals surface area (Å²) in [7, 11) is 0. The lowest BCUT2D eigenvalue weighted by Crippen LogP contribution is -1.58. The smallest absolute Gasteiger partial charge is 0.0354 e. The van der Waals surface area contributed by atoms with Crippen LogP contribution in [0.25, 0.3) is 0 Å². The molecule has 0 spiro atoms. The second kappa shape index (κ2) is 30.8. The molecule has 0 saturated heterocycles. The van der Waals surface area contributed by atoms with Crippen LogP contribution in [0.3, 0.4) is 0 Å². The van der Waals surface area contributed by atoms with Crippen LogP contribution in [-0.4, -0.2) is 0 Å². The molecule has 0 aliphatic heterocycles. The molecule has 0 amide bonds. The van der Waals surface area contributed by atoms with Crippen molar-refractivity contribution in [2.24, 2.45) is 0 Å². The highest BCUT2D eigenvalue weighted by Gasteiger charge is 1.67. The highest BCUT2D eigenvalue weighted by atomic mass is 13.7. The second-order valence-electron chi connectivity index (χ2n) is 4.73. The van der Waals surface area contributed by atoms with Gasteiger partial charge in [0, 0.05) is 0 Å². The minimum Gasteiger partial charge on any atom is -0.103 e. The van der Waals surface area contributed by atoms with Crippen LogP contribution < -0.4 is 0 Å². The summed E-state index contributed by atoms with van der Waals surface area (Å²) in [6.07, 6.45) is 12.8. The zero-order valence-electron chi connectivity index (χ0n) is 15.6. The van der Waals surface area contributed by atoms with Gasteiger partial charge in [-0.25, -0.2) is 0 Å². The van der Waals surface area contributed by atoms with E-state index in [0.717, 1.165) is 19.3 Å². The minimum absolute atomic E-state index is 1.11. The molecule has 0 rings (SSSR count). The number of rotatable bonds is 4. The first-order valence-corrected chi connectivity index (χ1v) is 7.83. The van der Waals surface area contributed by atoms with Crippen LogP contribution in [0.2, 0.25) is 0 Å². The zero-order chi connectivity index (χ0) is 16.8. The first kappa shape index (κ1) is 27.3. The molecule has 0 aromatic rings. The Labute approximate surface area is 130 Å². The van der Waals surface area contributed by atoms with Crippen molar-refractivity contribution in [1.29, 1.82) is 0 Å². The van der Waals surface area contributed by atoms with Crippen LogP contribution >= 0.6 is 0 Å². The fraction of sp³-hybridized carbons (Fsp3) is 0.600. The Kier molecular flexibility index (Phi) is 42.0. The van der Waals surface area contributed by atoms with E-state index in [1.807, 2.05) is 26.8 Å². The predicted octanol–water partition coefficient (Wildman–Crippen LogP) is 7.89. The third kappa shape index (κ3) is 89.2. The molecule has 0 aromatic heterocycles. The summed E-state index contributed by atoms with van der Waals surface area (Å²) < 4.78 is 0. The van der Waals surface area contributed by atoms with Gasteiger partial charge < -0.3 is 0 Å². The maximum atomic E-state index is 3.67. The Balaban J connectivity index is -0.0000000853. The van der Waals surface area contributed by atoms with Gasteiger partial charge in [-0.05, 0) is 53.9 Å². The predicted molar refractivity (Wildman–Crippen MR) is 100 cm³/mol. The van der Waals surface area contributed by atoms with Gasteiger partial charge in [0.25, 0.3) is 0 Å². The van der Waals surface area contributed by atoms with E-state index in [1.165, 1.54) is 17.6 Å². The van der Waals surface area contributed by atoms with E-state index in [4.69, 9.17) is 0 Å². The zero-order valence-corrected chi connectivity index (χ0v) is 15.6. The summed E-state index contributed by atoms with van der Waals surface area (Å²) in [5, 5.41) is 0. The fourth-order valence-corrected chi connectivity index (χ4v) is 0.440. The molecule has 0 atom stereocenters. The summed E-state index contributed by atoms with van der Waals surface area (Å²) in [6, 6.07) is 0. The molecule has 0 heteroatoms. The first-order valence-electron chi connectivity index (χ1n) is 7.83. The number of hydrogen-bond acceptors (Lipinski definition) is 0. The quantitative estimate of drug-likeness (QED) is 0.459. The molecule has 0 heterocycles. The van der Waals surface area contributed by atoms with Gasteiger partial charge in [0.15, 0.2) is 0 Å². The van der Waals surface area contributed by atoms with Crippen LogP contribution in [0.15, 0.2) is 48.6 Å². The minimum atomic E-state index is 1.11. The van der Waals surface area contributed by atoms with Gasteiger partial charge in [0.05, 0.1) is 0 Å². The van der Waals surface area contributed by atoms with Crippen molar-refractivity contribution in [2.45, 2.75) is 81.1 Å². The maximum Gasteiger partial charge on any atom is -0.0354 e. The lowest BCUT2D eigenvalue weighted by Gasteiger charge is -1.79. The van der Waals surface area contributed by atoms with Crippen LogP contribution in [0.4, 0.5) is 0 Å². The molecular weight excluding hydrogens is 240 g/mol. The van der Waals surface area contributed by atoms with Crippen molar-refractivity contribution in [3.63, 3.8) is 0 Å². The van der Waals surface area contributed by atoms with Crippen molar-refractivity contribution >= 4 is 0 Å². The second-order valence-corrected chi connectivity index (χ2v) is 4.73. The third-order valence-corrected chi connectivity index (χ3v) is 2.15. The van der Waals surface area contributed by atoms with Crippen molar-refractivity contribution in [3.05, 3.63) is 48.6 Å². The van der Waals surface area contributed by atoms with Crippen molar-refractivity contribution in [1.82, 2.24) is 0 Å². The van der Waals surface area contributed by atoms with Gasteiger partial charge in [-0.15, -0.1) is 13.2 Å². The first-order chi connectivity index (χ1) is 9.37. The Bertz CT molecular complexity index is 224. The molecule has 0 aliphatic carbocycles. The molecule has 0 unspecified atom stereocenters. The average molecular weight is 281 g/mol. The van der Waals surface area contributed by atoms with Gasteiger partial charge in [0.1, 0.15) is 0 Å². The summed E-state index contributed by atoms with van der Waals surface area (Å²) >= 11 is 0. The number of hydrogen-bond donors (Lipinski definition) is 0. The van der Waals surface area contributed by atoms with Crippen LogP contribution in [0.5, 0.6) is 0 Å². The lowest BCUT2D eigenvalue weighted by atomic mass is 10.3. The Morgan fingerprint density at radius 3 is 1.40 bits per heavy atom. The van der Waals surface area contributed by atoms with E-state index in [-0.39, 0.29) is 0 Å². The van der Waals surface area contributed by atoms with E-state index in [0.29, 0.717) is 0 Å². The van der Waals surface area contributed by atoms with Crippen molar-refractivity contribution in [2.75, 3.05) is 0 Å². The molecule has 0 saturated carbocycles. The maximum absolute atomic E-state index is 3.67. The van der Waals surface area contributed by atoms with Crippen molar-refractivity contribution < 1.29 is 0 Å². The van der Waals surface area contributed by atoms with Gasteiger partial charge in [-0.2, -0.15) is 0 Å². The SMILES string of the molecule is C/C=C\CC.C=C(C)CC.C=CCCC.CC=C(C)C. The largest absolute Gasteiger partial charge is 0.103 e. The van der Waals surface area contributed by atoms with Gasteiger partial charge in [-0.3, -0.25) is 0 Å². The normalized spacial score (nSPS) is 8.00. The van der Waals surface area contributed by atoms with E-state index in [2.05, 4.69) is 66.0 Å². The van der Waals surface area contributed by atoms with E-state index < -0.39 is 0 Å². The topological polar surface area (TPSA) is 0 Å². The Morgan fingerprint density at radius 2 is 1.40 bits per heavy atom. The Morgan fingerprint density at radius 1 is 1.00 bits per heavy atom. The monoisotopic (exact) mass is 280 g/mol. The molecule has 0 bridgehead atoms. The Hall–Kier alpha value is -1.04. The van der Waals surface area contributed by atoms with E-state index >= 15 is 0 Å². The highest BCUT2D eigenvalue weighted by Crippen LogP contribution is 1.88. The standard InChI is InChI=1S/4C5H10/c2*1-4-5(2)3;2*1-3-5-4-2/h4H,1-3H3;2,4H2,1,3H3;3,5H,4H2,1-2H3;3H,1,4-5H2,2H3/b;;5-3-;. The number of allylic oxidation sites excluding steroid dienone is 6. The molecule has 0 N–H and O–H groups in total. The summed E-state index contributed by atoms with van der Waals surface area (Å²) in [5.41, 5.74) is 2.63. The van der Waals surface area contributed by atoms with Crippen LogP contribution in [-0.2, 0) is 0 Å². The van der Waals surface area contributed by atoms with E-state index in [1.54, 1.807) is 0 Å². The number of unbranched alkanes of at least 4 members (excludes halogenated alkanes) is 1. The van der Waals surface area contributed by atoms with E-state index in [9.17, 15) is 0 Å². The van der Waals surface area contributed by atoms with Gasteiger partial charge in [-0.1, -0.05) is 62.6 Å². The summed E-state index contributed by atoms with van der Waals surface area (Å²) in [4.78, 5) is 0. The fourth-order valence-electron chi connectivity index (χ4n) is 0.440.